The quantitative estimate of drug-likeness (QED) is 0.285. The summed E-state index contributed by atoms with van der Waals surface area (Å²) in [5, 5.41) is 17.3. The van der Waals surface area contributed by atoms with Gasteiger partial charge in [-0.15, -0.1) is 0 Å². The Hall–Kier alpha value is -3.52. The van der Waals surface area contributed by atoms with Crippen LogP contribution in [0.1, 0.15) is 23.0 Å². The first kappa shape index (κ1) is 20.8. The Balaban J connectivity index is 2.18. The molecule has 0 aliphatic heterocycles. The fraction of sp³-hybridized carbons (Fsp3) is 0.0500. The van der Waals surface area contributed by atoms with E-state index in [0.717, 1.165) is 18.0 Å². The highest BCUT2D eigenvalue weighted by molar-refractivity contribution is 8.17. The molecular formula is C20H18N4O3S. The lowest BCUT2D eigenvalue weighted by atomic mass is 10.1. The van der Waals surface area contributed by atoms with E-state index >= 15 is 0 Å². The van der Waals surface area contributed by atoms with Gasteiger partial charge in [0.2, 0.25) is 0 Å². The van der Waals surface area contributed by atoms with Gasteiger partial charge in [0.05, 0.1) is 11.2 Å². The first-order valence-corrected chi connectivity index (χ1v) is 8.94. The number of allylic oxidation sites excluding steroid dienone is 5. The normalized spacial score (nSPS) is 12.0. The van der Waals surface area contributed by atoms with E-state index in [4.69, 9.17) is 15.2 Å². The van der Waals surface area contributed by atoms with Crippen LogP contribution >= 0.6 is 11.8 Å². The molecule has 0 fully saturated rings. The van der Waals surface area contributed by atoms with Crippen LogP contribution in [0, 0.1) is 10.8 Å². The number of thioether (sulfide) groups is 1. The summed E-state index contributed by atoms with van der Waals surface area (Å²) >= 11 is 0.819. The van der Waals surface area contributed by atoms with Gasteiger partial charge >= 0.3 is 0 Å². The zero-order valence-corrected chi connectivity index (χ0v) is 15.8. The van der Waals surface area contributed by atoms with E-state index in [-0.39, 0.29) is 15.9 Å². The number of hydrogen-bond acceptors (Lipinski definition) is 7. The lowest BCUT2D eigenvalue weighted by Crippen LogP contribution is -2.28. The standard InChI is InChI=1S/C20H18N4O3S/c1-14(5-2-3-9-21)18(25)17(13-16-6-4-12-27-16)28-20(22)24-19(26)15-7-10-23-11-8-15/h2-13,21H,1H3,(H2,22,24,26)/b3-2-,14-5+,17-13+,21-9?. The predicted octanol–water partition coefficient (Wildman–Crippen LogP) is 3.83. The van der Waals surface area contributed by atoms with Gasteiger partial charge in [-0.05, 0) is 60.7 Å². The molecule has 0 aliphatic rings. The van der Waals surface area contributed by atoms with Crippen molar-refractivity contribution in [3.63, 3.8) is 0 Å². The number of amides is 1. The molecule has 0 bridgehead atoms. The molecule has 2 rings (SSSR count). The molecule has 7 nitrogen and oxygen atoms in total. The van der Waals surface area contributed by atoms with Crippen LogP contribution < -0.4 is 5.32 Å². The number of nitrogens with zero attached hydrogens (tertiary/aromatic N) is 1. The number of carbonyl (C=O) groups is 2. The number of ketones is 1. The van der Waals surface area contributed by atoms with Gasteiger partial charge in [0, 0.05) is 24.2 Å². The molecule has 2 aromatic heterocycles. The maximum absolute atomic E-state index is 12.7. The average Bonchev–Trinajstić information content (AvgIpc) is 3.20. The van der Waals surface area contributed by atoms with Crippen LogP contribution in [0.25, 0.3) is 6.08 Å². The van der Waals surface area contributed by atoms with Gasteiger partial charge < -0.3 is 15.1 Å². The minimum atomic E-state index is -0.467. The van der Waals surface area contributed by atoms with E-state index in [0.29, 0.717) is 16.9 Å². The molecule has 1 amide bonds. The number of amidine groups is 1. The molecular weight excluding hydrogens is 376 g/mol. The van der Waals surface area contributed by atoms with E-state index in [1.54, 1.807) is 31.2 Å². The number of hydrogen-bond donors (Lipinski definition) is 3. The van der Waals surface area contributed by atoms with Crippen LogP contribution in [0.15, 0.2) is 76.0 Å². The third kappa shape index (κ3) is 6.33. The number of nitrogens with one attached hydrogen (secondary N) is 3. The molecule has 28 heavy (non-hydrogen) atoms. The summed E-state index contributed by atoms with van der Waals surface area (Å²) in [4.78, 5) is 29.0. The summed E-state index contributed by atoms with van der Waals surface area (Å²) in [5.74, 6) is -0.336. The number of furan rings is 1. The minimum absolute atomic E-state index is 0.198. The second-order valence-electron chi connectivity index (χ2n) is 5.38. The monoisotopic (exact) mass is 394 g/mol. The van der Waals surface area contributed by atoms with Gasteiger partial charge in [0.25, 0.3) is 5.91 Å². The molecule has 2 aromatic rings. The van der Waals surface area contributed by atoms with E-state index in [1.807, 2.05) is 0 Å². The second-order valence-corrected chi connectivity index (χ2v) is 6.43. The Labute approximate surface area is 166 Å². The summed E-state index contributed by atoms with van der Waals surface area (Å²) in [6.07, 6.45) is 11.7. The van der Waals surface area contributed by atoms with Crippen molar-refractivity contribution < 1.29 is 14.0 Å². The second kappa shape index (κ2) is 10.6. The Bertz CT molecular complexity index is 945. The van der Waals surface area contributed by atoms with Gasteiger partial charge in [-0.1, -0.05) is 12.2 Å². The minimum Gasteiger partial charge on any atom is -0.465 e. The molecule has 0 aliphatic carbocycles. The van der Waals surface area contributed by atoms with Crippen LogP contribution in [-0.2, 0) is 4.79 Å². The molecule has 0 radical (unpaired) electrons. The molecule has 3 N–H and O–H groups in total. The van der Waals surface area contributed by atoms with Crippen LogP contribution in [0.5, 0.6) is 0 Å². The van der Waals surface area contributed by atoms with Crippen molar-refractivity contribution in [2.75, 3.05) is 0 Å². The Kier molecular flexibility index (Phi) is 7.86. The summed E-state index contributed by atoms with van der Waals surface area (Å²) in [6, 6.07) is 6.42. The number of Topliss-reactive ketones (excluding diaryl/α,β-unsaturated/α-hetero) is 1. The molecule has 0 saturated carbocycles. The lowest BCUT2D eigenvalue weighted by Gasteiger charge is -2.09. The van der Waals surface area contributed by atoms with Gasteiger partial charge in [-0.2, -0.15) is 0 Å². The number of aromatic nitrogens is 1. The van der Waals surface area contributed by atoms with Crippen LogP contribution in [0.4, 0.5) is 0 Å². The Morgan fingerprint density at radius 3 is 2.61 bits per heavy atom. The van der Waals surface area contributed by atoms with Gasteiger partial charge in [0.1, 0.15) is 5.76 Å². The van der Waals surface area contributed by atoms with E-state index in [2.05, 4.69) is 10.3 Å². The molecule has 0 saturated heterocycles. The predicted molar refractivity (Wildman–Crippen MR) is 110 cm³/mol. The van der Waals surface area contributed by atoms with Crippen molar-refractivity contribution in [2.24, 2.45) is 0 Å². The van der Waals surface area contributed by atoms with E-state index < -0.39 is 5.91 Å². The Morgan fingerprint density at radius 2 is 1.96 bits per heavy atom. The average molecular weight is 394 g/mol. The van der Waals surface area contributed by atoms with Crippen LogP contribution in [0.2, 0.25) is 0 Å². The van der Waals surface area contributed by atoms with Crippen molar-refractivity contribution in [2.45, 2.75) is 6.92 Å². The Morgan fingerprint density at radius 1 is 1.21 bits per heavy atom. The molecule has 0 atom stereocenters. The highest BCUT2D eigenvalue weighted by atomic mass is 32.2. The topological polar surface area (TPSA) is 120 Å². The zero-order chi connectivity index (χ0) is 20.4. The number of carbonyl (C=O) groups excluding carboxylic acids is 2. The van der Waals surface area contributed by atoms with E-state index in [9.17, 15) is 9.59 Å². The fourth-order valence-electron chi connectivity index (χ4n) is 1.98. The van der Waals surface area contributed by atoms with Crippen molar-refractivity contribution in [1.29, 1.82) is 10.8 Å². The summed E-state index contributed by atoms with van der Waals surface area (Å²) in [6.45, 7) is 1.63. The summed E-state index contributed by atoms with van der Waals surface area (Å²) in [5.41, 5.74) is 0.771. The molecule has 8 heteroatoms. The van der Waals surface area contributed by atoms with Crippen molar-refractivity contribution >= 4 is 40.9 Å². The highest BCUT2D eigenvalue weighted by Crippen LogP contribution is 2.24. The van der Waals surface area contributed by atoms with E-state index in [1.165, 1.54) is 42.9 Å². The first-order valence-electron chi connectivity index (χ1n) is 8.13. The van der Waals surface area contributed by atoms with Crippen molar-refractivity contribution in [3.8, 4) is 0 Å². The number of rotatable bonds is 7. The van der Waals surface area contributed by atoms with Gasteiger partial charge in [0.15, 0.2) is 11.0 Å². The summed E-state index contributed by atoms with van der Waals surface area (Å²) in [7, 11) is 0. The third-order valence-corrected chi connectivity index (χ3v) is 4.16. The molecule has 2 heterocycles. The molecule has 0 unspecified atom stereocenters. The van der Waals surface area contributed by atoms with Crippen molar-refractivity contribution in [1.82, 2.24) is 10.3 Å². The zero-order valence-electron chi connectivity index (χ0n) is 15.0. The van der Waals surface area contributed by atoms with Gasteiger partial charge in [-0.25, -0.2) is 0 Å². The maximum Gasteiger partial charge on any atom is 0.257 e. The SMILES string of the molecule is C/C(=C\C=C/C=N)C(=O)/C(=C\c1ccco1)SC(=N)NC(=O)c1ccncc1. The largest absolute Gasteiger partial charge is 0.465 e. The molecule has 0 aromatic carbocycles. The summed E-state index contributed by atoms with van der Waals surface area (Å²) < 4.78 is 5.25. The highest BCUT2D eigenvalue weighted by Gasteiger charge is 2.17. The van der Waals surface area contributed by atoms with Gasteiger partial charge in [-0.3, -0.25) is 20.0 Å². The maximum atomic E-state index is 12.7. The fourth-order valence-corrected chi connectivity index (χ4v) is 2.78. The number of pyridine rings is 1. The smallest absolute Gasteiger partial charge is 0.257 e. The van der Waals surface area contributed by atoms with Crippen LogP contribution in [0.3, 0.4) is 0 Å². The van der Waals surface area contributed by atoms with Crippen LogP contribution in [-0.4, -0.2) is 28.1 Å². The first-order chi connectivity index (χ1) is 13.5. The van der Waals surface area contributed by atoms with Crippen molar-refractivity contribution in [3.05, 3.63) is 83.0 Å². The molecule has 0 spiro atoms. The molecule has 142 valence electrons. The third-order valence-electron chi connectivity index (χ3n) is 3.33. The lowest BCUT2D eigenvalue weighted by molar-refractivity contribution is -0.111.